The molecule has 7 heteroatoms. The van der Waals surface area contributed by atoms with E-state index in [1.54, 1.807) is 30.3 Å². The van der Waals surface area contributed by atoms with Gasteiger partial charge in [-0.05, 0) is 49.7 Å². The first-order valence-corrected chi connectivity index (χ1v) is 7.63. The zero-order valence-corrected chi connectivity index (χ0v) is 14.0. The Morgan fingerprint density at radius 2 is 1.88 bits per heavy atom. The van der Waals surface area contributed by atoms with Gasteiger partial charge in [-0.25, -0.2) is 15.0 Å². The van der Waals surface area contributed by atoms with Gasteiger partial charge < -0.3 is 15.2 Å². The second-order valence-electron chi connectivity index (χ2n) is 5.13. The molecule has 2 rings (SSSR count). The zero-order chi connectivity index (χ0) is 18.2. The summed E-state index contributed by atoms with van der Waals surface area (Å²) in [6.45, 7) is 4.16. The van der Waals surface area contributed by atoms with Gasteiger partial charge in [0.15, 0.2) is 11.5 Å². The zero-order valence-electron chi connectivity index (χ0n) is 14.0. The molecule has 2 aromatic rings. The van der Waals surface area contributed by atoms with Gasteiger partial charge in [0, 0.05) is 0 Å². The number of nitrogens with one attached hydrogen (secondary N) is 1. The van der Waals surface area contributed by atoms with Crippen LogP contribution in [0.3, 0.4) is 0 Å². The van der Waals surface area contributed by atoms with Crippen molar-refractivity contribution in [3.05, 3.63) is 59.2 Å². The van der Waals surface area contributed by atoms with Crippen molar-refractivity contribution in [3.63, 3.8) is 0 Å². The number of carbonyl (C=O) groups excluding carboxylic acids is 2. The quantitative estimate of drug-likeness (QED) is 0.365. The van der Waals surface area contributed by atoms with Crippen molar-refractivity contribution >= 4 is 18.2 Å². The largest absolute Gasteiger partial charge is 0.490 e. The number of hydrazone groups is 1. The number of urea groups is 1. The lowest BCUT2D eigenvalue weighted by atomic mass is 10.1. The number of ether oxygens (including phenoxy) is 2. The van der Waals surface area contributed by atoms with Gasteiger partial charge in [0.05, 0.1) is 18.4 Å². The molecule has 0 saturated heterocycles. The summed E-state index contributed by atoms with van der Waals surface area (Å²) in [4.78, 5) is 22.9. The highest BCUT2D eigenvalue weighted by Gasteiger charge is 2.13. The van der Waals surface area contributed by atoms with Crippen molar-refractivity contribution in [2.75, 3.05) is 6.61 Å². The van der Waals surface area contributed by atoms with Crippen LogP contribution in [0.4, 0.5) is 4.79 Å². The number of nitrogens with two attached hydrogens (primary N) is 1. The Morgan fingerprint density at radius 3 is 2.52 bits per heavy atom. The van der Waals surface area contributed by atoms with Gasteiger partial charge in [-0.15, -0.1) is 0 Å². The number of esters is 1. The molecule has 0 aliphatic heterocycles. The van der Waals surface area contributed by atoms with E-state index in [1.165, 1.54) is 6.21 Å². The Kier molecular flexibility index (Phi) is 6.11. The van der Waals surface area contributed by atoms with E-state index in [9.17, 15) is 9.59 Å². The molecule has 130 valence electrons. The number of rotatable bonds is 6. The third kappa shape index (κ3) is 5.35. The third-order valence-corrected chi connectivity index (χ3v) is 3.15. The van der Waals surface area contributed by atoms with Crippen LogP contribution in [0.15, 0.2) is 47.6 Å². The van der Waals surface area contributed by atoms with Crippen LogP contribution in [0.2, 0.25) is 0 Å². The van der Waals surface area contributed by atoms with Crippen LogP contribution in [0, 0.1) is 6.92 Å². The SMILES string of the molecule is CCOc1cc(/C=N/NC(N)=O)ccc1OC(=O)c1ccc(C)cc1. The van der Waals surface area contributed by atoms with E-state index in [0.29, 0.717) is 29.2 Å². The molecular formula is C18H19N3O4. The molecule has 0 aromatic heterocycles. The predicted molar refractivity (Wildman–Crippen MR) is 94.1 cm³/mol. The summed E-state index contributed by atoms with van der Waals surface area (Å²) < 4.78 is 10.9. The van der Waals surface area contributed by atoms with Crippen molar-refractivity contribution < 1.29 is 19.1 Å². The summed E-state index contributed by atoms with van der Waals surface area (Å²) in [6, 6.07) is 11.2. The fourth-order valence-electron chi connectivity index (χ4n) is 1.98. The summed E-state index contributed by atoms with van der Waals surface area (Å²) in [5.41, 5.74) is 9.18. The lowest BCUT2D eigenvalue weighted by molar-refractivity contribution is 0.0728. The average molecular weight is 341 g/mol. The van der Waals surface area contributed by atoms with Gasteiger partial charge in [-0.1, -0.05) is 17.7 Å². The maximum Gasteiger partial charge on any atom is 0.343 e. The first-order chi connectivity index (χ1) is 12.0. The van der Waals surface area contributed by atoms with Crippen LogP contribution in [0.5, 0.6) is 11.5 Å². The highest BCUT2D eigenvalue weighted by Crippen LogP contribution is 2.29. The van der Waals surface area contributed by atoms with E-state index >= 15 is 0 Å². The maximum absolute atomic E-state index is 12.2. The number of primary amides is 1. The van der Waals surface area contributed by atoms with Gasteiger partial charge in [0.2, 0.25) is 0 Å². The first kappa shape index (κ1) is 18.0. The second-order valence-corrected chi connectivity index (χ2v) is 5.13. The number of hydrogen-bond acceptors (Lipinski definition) is 5. The molecule has 0 spiro atoms. The van der Waals surface area contributed by atoms with Crippen molar-refractivity contribution in [1.82, 2.24) is 5.43 Å². The molecule has 0 aliphatic rings. The second kappa shape index (κ2) is 8.49. The Balaban J connectivity index is 2.18. The lowest BCUT2D eigenvalue weighted by Gasteiger charge is -2.11. The van der Waals surface area contributed by atoms with Gasteiger partial charge in [-0.3, -0.25) is 0 Å². The highest BCUT2D eigenvalue weighted by atomic mass is 16.6. The number of amides is 2. The molecule has 0 atom stereocenters. The summed E-state index contributed by atoms with van der Waals surface area (Å²) in [7, 11) is 0. The van der Waals surface area contributed by atoms with Gasteiger partial charge >= 0.3 is 12.0 Å². The Bertz CT molecular complexity index is 785. The molecular weight excluding hydrogens is 322 g/mol. The Hall–Kier alpha value is -3.35. The predicted octanol–water partition coefficient (Wildman–Crippen LogP) is 2.62. The van der Waals surface area contributed by atoms with Crippen LogP contribution in [-0.4, -0.2) is 24.8 Å². The van der Waals surface area contributed by atoms with Gasteiger partial charge in [0.25, 0.3) is 0 Å². The standard InChI is InChI=1S/C18H19N3O4/c1-3-24-16-10-13(11-20-21-18(19)23)6-9-15(16)25-17(22)14-7-4-12(2)5-8-14/h4-11H,3H2,1-2H3,(H3,19,21,23)/b20-11+. The normalized spacial score (nSPS) is 10.5. The van der Waals surface area contributed by atoms with E-state index in [0.717, 1.165) is 5.56 Å². The maximum atomic E-state index is 12.2. The Morgan fingerprint density at radius 1 is 1.16 bits per heavy atom. The van der Waals surface area contributed by atoms with Crippen molar-refractivity contribution in [2.45, 2.75) is 13.8 Å². The fraction of sp³-hybridized carbons (Fsp3) is 0.167. The minimum Gasteiger partial charge on any atom is -0.490 e. The van der Waals surface area contributed by atoms with Crippen LogP contribution in [0.1, 0.15) is 28.4 Å². The minimum absolute atomic E-state index is 0.299. The van der Waals surface area contributed by atoms with Crippen LogP contribution >= 0.6 is 0 Å². The molecule has 25 heavy (non-hydrogen) atoms. The molecule has 0 saturated carbocycles. The first-order valence-electron chi connectivity index (χ1n) is 7.63. The van der Waals surface area contributed by atoms with Crippen molar-refractivity contribution in [1.29, 1.82) is 0 Å². The van der Waals surface area contributed by atoms with E-state index in [-0.39, 0.29) is 0 Å². The molecule has 0 radical (unpaired) electrons. The topological polar surface area (TPSA) is 103 Å². The molecule has 7 nitrogen and oxygen atoms in total. The highest BCUT2D eigenvalue weighted by molar-refractivity contribution is 5.91. The summed E-state index contributed by atoms with van der Waals surface area (Å²) in [5.74, 6) is 0.219. The third-order valence-electron chi connectivity index (χ3n) is 3.15. The summed E-state index contributed by atoms with van der Waals surface area (Å²) in [6.07, 6.45) is 1.40. The summed E-state index contributed by atoms with van der Waals surface area (Å²) >= 11 is 0. The van der Waals surface area contributed by atoms with Crippen LogP contribution in [-0.2, 0) is 0 Å². The van der Waals surface area contributed by atoms with Crippen LogP contribution in [0.25, 0.3) is 0 Å². The average Bonchev–Trinajstić information content (AvgIpc) is 2.57. The van der Waals surface area contributed by atoms with E-state index < -0.39 is 12.0 Å². The molecule has 0 heterocycles. The van der Waals surface area contributed by atoms with Crippen molar-refractivity contribution in [3.8, 4) is 11.5 Å². The molecule has 2 amide bonds. The monoisotopic (exact) mass is 341 g/mol. The van der Waals surface area contributed by atoms with E-state index in [1.807, 2.05) is 26.0 Å². The van der Waals surface area contributed by atoms with E-state index in [4.69, 9.17) is 15.2 Å². The molecule has 0 aliphatic carbocycles. The summed E-state index contributed by atoms with van der Waals surface area (Å²) in [5, 5.41) is 3.68. The van der Waals surface area contributed by atoms with E-state index in [2.05, 4.69) is 10.5 Å². The smallest absolute Gasteiger partial charge is 0.343 e. The molecule has 0 fully saturated rings. The number of carbonyl (C=O) groups is 2. The number of nitrogens with zero attached hydrogens (tertiary/aromatic N) is 1. The van der Waals surface area contributed by atoms with Gasteiger partial charge in [0.1, 0.15) is 0 Å². The van der Waals surface area contributed by atoms with Crippen molar-refractivity contribution in [2.24, 2.45) is 10.8 Å². The molecule has 0 unspecified atom stereocenters. The number of aryl methyl sites for hydroxylation is 1. The molecule has 2 aromatic carbocycles. The number of hydrogen-bond donors (Lipinski definition) is 2. The number of benzene rings is 2. The lowest BCUT2D eigenvalue weighted by Crippen LogP contribution is -2.24. The Labute approximate surface area is 145 Å². The van der Waals surface area contributed by atoms with Gasteiger partial charge in [-0.2, -0.15) is 5.10 Å². The minimum atomic E-state index is -0.759. The molecule has 3 N–H and O–H groups in total. The fourth-order valence-corrected chi connectivity index (χ4v) is 1.98. The van der Waals surface area contributed by atoms with Crippen LogP contribution < -0.4 is 20.6 Å². The molecule has 0 bridgehead atoms.